The van der Waals surface area contributed by atoms with Crippen LogP contribution in [0.25, 0.3) is 28.0 Å². The van der Waals surface area contributed by atoms with E-state index in [0.717, 1.165) is 54.7 Å². The van der Waals surface area contributed by atoms with Gasteiger partial charge in [-0.1, -0.05) is 91.0 Å². The maximum Gasteiger partial charge on any atom is 0.679 e. The summed E-state index contributed by atoms with van der Waals surface area (Å²) in [7, 11) is -1.20. The molecular formula is C35H26BF2N3O. The number of fused-ring (bicyclic) bond motifs is 3. The number of aryl methyl sites for hydroxylation is 1. The van der Waals surface area contributed by atoms with Crippen molar-refractivity contribution in [3.05, 3.63) is 138 Å². The topological polar surface area (TPSA) is 38.9 Å². The molecule has 1 aliphatic carbocycles. The van der Waals surface area contributed by atoms with Crippen LogP contribution in [0, 0.1) is 0 Å². The van der Waals surface area contributed by atoms with Crippen LogP contribution < -0.4 is 4.74 Å². The molecule has 7 heteroatoms. The lowest BCUT2D eigenvalue weighted by Gasteiger charge is -2.20. The molecule has 0 unspecified atom stereocenters. The summed E-state index contributed by atoms with van der Waals surface area (Å²) < 4.78 is 37.0. The summed E-state index contributed by atoms with van der Waals surface area (Å²) in [6, 6.07) is 35.0. The minimum atomic E-state index is -2.81. The van der Waals surface area contributed by atoms with Crippen LogP contribution in [0.1, 0.15) is 22.3 Å². The maximum absolute atomic E-state index is 15.2. The lowest BCUT2D eigenvalue weighted by molar-refractivity contribution is 0.414. The van der Waals surface area contributed by atoms with Crippen LogP contribution in [-0.2, 0) is 12.8 Å². The van der Waals surface area contributed by atoms with Crippen molar-refractivity contribution in [2.75, 3.05) is 7.11 Å². The van der Waals surface area contributed by atoms with Crippen molar-refractivity contribution in [3.8, 4) is 28.1 Å². The normalized spacial score (nSPS) is 14.7. The number of halogens is 2. The Balaban J connectivity index is 1.51. The monoisotopic (exact) mass is 553 g/mol. The van der Waals surface area contributed by atoms with E-state index in [2.05, 4.69) is 0 Å². The molecule has 42 heavy (non-hydrogen) atoms. The van der Waals surface area contributed by atoms with Crippen molar-refractivity contribution in [2.45, 2.75) is 12.8 Å². The Morgan fingerprint density at radius 2 is 1.43 bits per heavy atom. The Bertz CT molecular complexity index is 1880. The third kappa shape index (κ3) is 4.47. The molecule has 5 aromatic rings. The largest absolute Gasteiger partial charge is 0.679 e. The van der Waals surface area contributed by atoms with Crippen molar-refractivity contribution >= 4 is 30.3 Å². The predicted molar refractivity (Wildman–Crippen MR) is 167 cm³/mol. The number of aromatic nitrogens is 1. The SMILES string of the molecule is COc1ccc2c(c1)CCc1c(-c3ccccc3)c(/N=C3\N=C(c4ccccc4)C=C3c3ccccc3)n(B(F)F)c1-2. The van der Waals surface area contributed by atoms with Gasteiger partial charge in [-0.2, -0.15) is 0 Å². The van der Waals surface area contributed by atoms with Crippen LogP contribution in [-0.4, -0.2) is 30.5 Å². The van der Waals surface area contributed by atoms with E-state index in [9.17, 15) is 0 Å². The molecule has 7 rings (SSSR count). The van der Waals surface area contributed by atoms with E-state index < -0.39 is 7.40 Å². The van der Waals surface area contributed by atoms with E-state index in [4.69, 9.17) is 14.7 Å². The Kier molecular flexibility index (Phi) is 6.63. The second-order valence-electron chi connectivity index (χ2n) is 10.3. The van der Waals surface area contributed by atoms with Gasteiger partial charge in [0.25, 0.3) is 0 Å². The first-order valence-corrected chi connectivity index (χ1v) is 13.9. The summed E-state index contributed by atoms with van der Waals surface area (Å²) in [4.78, 5) is 9.94. The van der Waals surface area contributed by atoms with Crippen molar-refractivity contribution < 1.29 is 13.4 Å². The molecule has 0 N–H and O–H groups in total. The van der Waals surface area contributed by atoms with Crippen LogP contribution in [0.5, 0.6) is 5.75 Å². The number of amidine groups is 1. The lowest BCUT2D eigenvalue weighted by Crippen LogP contribution is -2.16. The second-order valence-corrected chi connectivity index (χ2v) is 10.3. The molecule has 0 amide bonds. The molecule has 0 bridgehead atoms. The zero-order chi connectivity index (χ0) is 28.6. The van der Waals surface area contributed by atoms with E-state index in [1.54, 1.807) is 7.11 Å². The molecule has 0 saturated carbocycles. The van der Waals surface area contributed by atoms with Crippen LogP contribution in [0.2, 0.25) is 0 Å². The fraction of sp³-hybridized carbons (Fsp3) is 0.0857. The number of aliphatic imine (C=N–C) groups is 2. The van der Waals surface area contributed by atoms with Gasteiger partial charge >= 0.3 is 7.40 Å². The third-order valence-corrected chi connectivity index (χ3v) is 7.86. The molecule has 4 aromatic carbocycles. The van der Waals surface area contributed by atoms with Gasteiger partial charge in [-0.3, -0.25) is 8.63 Å². The van der Waals surface area contributed by atoms with Crippen LogP contribution in [0.15, 0.2) is 125 Å². The van der Waals surface area contributed by atoms with Gasteiger partial charge < -0.3 is 9.21 Å². The van der Waals surface area contributed by atoms with Crippen molar-refractivity contribution in [2.24, 2.45) is 9.98 Å². The number of benzene rings is 4. The molecule has 2 aliphatic rings. The number of allylic oxidation sites excluding steroid dienone is 1. The van der Waals surface area contributed by atoms with E-state index in [1.165, 1.54) is 0 Å². The van der Waals surface area contributed by atoms with Gasteiger partial charge in [-0.25, -0.2) is 9.98 Å². The van der Waals surface area contributed by atoms with E-state index in [-0.39, 0.29) is 5.82 Å². The standard InChI is InChI=1S/C35H26BF2N3O/c1-42-27-18-20-28-26(21-27)17-19-29-32(25-15-9-4-10-16-25)35(41(33(28)29)36(37)38)40-34-30(23-11-5-2-6-12-23)22-31(39-34)24-13-7-3-8-14-24/h2-16,18,20-22H,17,19H2,1H3/b40-34-. The highest BCUT2D eigenvalue weighted by Gasteiger charge is 2.35. The fourth-order valence-corrected chi connectivity index (χ4v) is 5.94. The van der Waals surface area contributed by atoms with Crippen molar-refractivity contribution in [1.82, 2.24) is 4.48 Å². The number of rotatable bonds is 6. The van der Waals surface area contributed by atoms with Gasteiger partial charge in [0, 0.05) is 28.0 Å². The molecule has 1 aliphatic heterocycles. The Labute approximate surface area is 243 Å². The molecule has 0 fully saturated rings. The first kappa shape index (κ1) is 25.9. The molecule has 0 atom stereocenters. The highest BCUT2D eigenvalue weighted by atomic mass is 19.2. The fourth-order valence-electron chi connectivity index (χ4n) is 5.94. The van der Waals surface area contributed by atoms with Crippen LogP contribution >= 0.6 is 0 Å². The Morgan fingerprint density at radius 3 is 2.07 bits per heavy atom. The van der Waals surface area contributed by atoms with Gasteiger partial charge in [0.2, 0.25) is 0 Å². The van der Waals surface area contributed by atoms with Gasteiger partial charge in [0.15, 0.2) is 5.84 Å². The van der Waals surface area contributed by atoms with Crippen LogP contribution in [0.4, 0.5) is 14.4 Å². The zero-order valence-electron chi connectivity index (χ0n) is 23.0. The van der Waals surface area contributed by atoms with Crippen molar-refractivity contribution in [1.29, 1.82) is 0 Å². The molecule has 0 spiro atoms. The van der Waals surface area contributed by atoms with Crippen molar-refractivity contribution in [3.63, 3.8) is 0 Å². The second kappa shape index (κ2) is 10.7. The quantitative estimate of drug-likeness (QED) is 0.195. The molecule has 2 heterocycles. The predicted octanol–water partition coefficient (Wildman–Crippen LogP) is 8.32. The summed E-state index contributed by atoms with van der Waals surface area (Å²) in [6.07, 6.45) is 3.31. The van der Waals surface area contributed by atoms with Gasteiger partial charge in [-0.05, 0) is 59.4 Å². The Morgan fingerprint density at radius 1 is 0.786 bits per heavy atom. The molecular weight excluding hydrogens is 527 g/mol. The molecule has 4 nitrogen and oxygen atoms in total. The first-order chi connectivity index (χ1) is 20.6. The smallest absolute Gasteiger partial charge is 0.497 e. The average molecular weight is 553 g/mol. The maximum atomic E-state index is 15.2. The summed E-state index contributed by atoms with van der Waals surface area (Å²) in [5, 5.41) is 0. The van der Waals surface area contributed by atoms with Gasteiger partial charge in [0.1, 0.15) is 11.6 Å². The highest BCUT2D eigenvalue weighted by Crippen LogP contribution is 2.48. The van der Waals surface area contributed by atoms with Crippen LogP contribution in [0.3, 0.4) is 0 Å². The zero-order valence-corrected chi connectivity index (χ0v) is 23.0. The number of nitrogens with zero attached hydrogens (tertiary/aromatic N) is 3. The molecule has 0 radical (unpaired) electrons. The molecule has 1 aromatic heterocycles. The molecule has 204 valence electrons. The lowest BCUT2D eigenvalue weighted by atomic mass is 9.86. The van der Waals surface area contributed by atoms with E-state index in [0.29, 0.717) is 30.1 Å². The number of methoxy groups -OCH3 is 1. The third-order valence-electron chi connectivity index (χ3n) is 7.86. The number of ether oxygens (including phenoxy) is 1. The summed E-state index contributed by atoms with van der Waals surface area (Å²) in [5.74, 6) is 1.33. The summed E-state index contributed by atoms with van der Waals surface area (Å²) in [6.45, 7) is 0. The van der Waals surface area contributed by atoms with Gasteiger partial charge in [-0.15, -0.1) is 0 Å². The first-order valence-electron chi connectivity index (χ1n) is 13.9. The minimum absolute atomic E-state index is 0.208. The molecule has 0 saturated heterocycles. The number of hydrogen-bond donors (Lipinski definition) is 0. The van der Waals surface area contributed by atoms with Gasteiger partial charge in [0.05, 0.1) is 12.8 Å². The minimum Gasteiger partial charge on any atom is -0.497 e. The number of hydrogen-bond acceptors (Lipinski definition) is 2. The summed E-state index contributed by atoms with van der Waals surface area (Å²) >= 11 is 0. The highest BCUT2D eigenvalue weighted by molar-refractivity contribution is 6.43. The summed E-state index contributed by atoms with van der Waals surface area (Å²) in [5.41, 5.74) is 8.09. The Hall–Kier alpha value is -5.04. The van der Waals surface area contributed by atoms with E-state index >= 15 is 8.63 Å². The van der Waals surface area contributed by atoms with E-state index in [1.807, 2.05) is 115 Å². The average Bonchev–Trinajstić information content (AvgIpc) is 3.61.